The first-order valence-electron chi connectivity index (χ1n) is 5.68. The molecule has 0 atom stereocenters. The second-order valence-corrected chi connectivity index (χ2v) is 4.66. The molecule has 0 heterocycles. The highest BCUT2D eigenvalue weighted by atomic mass is 35.5. The summed E-state index contributed by atoms with van der Waals surface area (Å²) >= 11 is 5.86. The second kappa shape index (κ2) is 5.39. The van der Waals surface area contributed by atoms with Gasteiger partial charge in [0, 0.05) is 11.1 Å². The van der Waals surface area contributed by atoms with E-state index in [1.165, 1.54) is 18.4 Å². The number of rotatable bonds is 3. The Balaban J connectivity index is 1.79. The summed E-state index contributed by atoms with van der Waals surface area (Å²) in [6.07, 6.45) is 2.43. The van der Waals surface area contributed by atoms with Crippen LogP contribution in [0.4, 0.5) is 0 Å². The number of hydrogen-bond donors (Lipinski definition) is 1. The smallest absolute Gasteiger partial charge is 0.0578 e. The maximum absolute atomic E-state index is 5.86. The van der Waals surface area contributed by atoms with Gasteiger partial charge in [0.1, 0.15) is 0 Å². The molecule has 0 saturated heterocycles. The molecule has 0 spiro atoms. The van der Waals surface area contributed by atoms with E-state index >= 15 is 0 Å². The van der Waals surface area contributed by atoms with E-state index in [0.29, 0.717) is 12.0 Å². The van der Waals surface area contributed by atoms with Crippen LogP contribution in [0.1, 0.15) is 31.2 Å². The predicted octanol–water partition coefficient (Wildman–Crippen LogP) is 3.20. The largest absolute Gasteiger partial charge is 0.303 e. The van der Waals surface area contributed by atoms with Crippen molar-refractivity contribution in [1.82, 2.24) is 5.32 Å². The van der Waals surface area contributed by atoms with Gasteiger partial charge >= 0.3 is 0 Å². The van der Waals surface area contributed by atoms with Crippen molar-refractivity contribution >= 4 is 11.6 Å². The highest BCUT2D eigenvalue weighted by molar-refractivity contribution is 6.30. The lowest BCUT2D eigenvalue weighted by atomic mass is 9.76. The average molecular weight is 234 g/mol. The Hall–Kier alpha value is -0.970. The van der Waals surface area contributed by atoms with Gasteiger partial charge in [0.2, 0.25) is 0 Å². The standard InChI is InChI=1S/C14H16ClN/c1-2-3-8-16-14-9-12(10-14)11-4-6-13(15)7-5-11/h4-7,12,14,16H,8-10H2,1H3. The van der Waals surface area contributed by atoms with Gasteiger partial charge < -0.3 is 5.32 Å². The van der Waals surface area contributed by atoms with Crippen LogP contribution in [0.3, 0.4) is 0 Å². The predicted molar refractivity (Wildman–Crippen MR) is 68.7 cm³/mol. The van der Waals surface area contributed by atoms with Crippen LogP contribution in [0.5, 0.6) is 0 Å². The Bertz CT molecular complexity index is 393. The molecule has 0 aliphatic heterocycles. The van der Waals surface area contributed by atoms with Crippen LogP contribution in [-0.2, 0) is 0 Å². The fraction of sp³-hybridized carbons (Fsp3) is 0.429. The highest BCUT2D eigenvalue weighted by Gasteiger charge is 2.29. The van der Waals surface area contributed by atoms with E-state index < -0.39 is 0 Å². The van der Waals surface area contributed by atoms with Gasteiger partial charge in [0.25, 0.3) is 0 Å². The maximum Gasteiger partial charge on any atom is 0.0578 e. The molecular formula is C14H16ClN. The second-order valence-electron chi connectivity index (χ2n) is 4.22. The summed E-state index contributed by atoms with van der Waals surface area (Å²) < 4.78 is 0. The number of nitrogens with one attached hydrogen (secondary N) is 1. The molecule has 0 aromatic heterocycles. The molecule has 1 nitrogen and oxygen atoms in total. The highest BCUT2D eigenvalue weighted by Crippen LogP contribution is 2.36. The van der Waals surface area contributed by atoms with Gasteiger partial charge in [0.05, 0.1) is 6.54 Å². The van der Waals surface area contributed by atoms with E-state index in [1.54, 1.807) is 0 Å². The molecule has 1 aromatic carbocycles. The molecule has 84 valence electrons. The minimum atomic E-state index is 0.640. The van der Waals surface area contributed by atoms with E-state index in [9.17, 15) is 0 Å². The van der Waals surface area contributed by atoms with Crippen molar-refractivity contribution in [1.29, 1.82) is 0 Å². The summed E-state index contributed by atoms with van der Waals surface area (Å²) in [4.78, 5) is 0. The quantitative estimate of drug-likeness (QED) is 0.791. The first-order chi connectivity index (χ1) is 7.79. The molecule has 0 bridgehead atoms. The minimum absolute atomic E-state index is 0.640. The molecule has 0 amide bonds. The summed E-state index contributed by atoms with van der Waals surface area (Å²) in [6, 6.07) is 8.85. The lowest BCUT2D eigenvalue weighted by Gasteiger charge is -2.36. The number of halogens is 1. The summed E-state index contributed by atoms with van der Waals surface area (Å²) in [5.41, 5.74) is 1.41. The zero-order valence-corrected chi connectivity index (χ0v) is 10.2. The molecule has 1 aromatic rings. The molecule has 0 radical (unpaired) electrons. The third-order valence-electron chi connectivity index (χ3n) is 3.14. The number of benzene rings is 1. The third-order valence-corrected chi connectivity index (χ3v) is 3.39. The van der Waals surface area contributed by atoms with Crippen LogP contribution in [0.25, 0.3) is 0 Å². The molecule has 16 heavy (non-hydrogen) atoms. The van der Waals surface area contributed by atoms with Crippen LogP contribution in [0, 0.1) is 11.8 Å². The van der Waals surface area contributed by atoms with Crippen molar-refractivity contribution in [3.05, 3.63) is 34.9 Å². The summed E-state index contributed by atoms with van der Waals surface area (Å²) in [6.45, 7) is 2.69. The SMILES string of the molecule is CC#CCNC1CC(c2ccc(Cl)cc2)C1. The zero-order chi connectivity index (χ0) is 11.4. The maximum atomic E-state index is 5.86. The third kappa shape index (κ3) is 2.78. The van der Waals surface area contributed by atoms with Gasteiger partial charge in [-0.1, -0.05) is 29.7 Å². The molecule has 2 heteroatoms. The molecular weight excluding hydrogens is 218 g/mol. The van der Waals surface area contributed by atoms with E-state index in [0.717, 1.165) is 11.6 Å². The van der Waals surface area contributed by atoms with Crippen LogP contribution in [-0.4, -0.2) is 12.6 Å². The van der Waals surface area contributed by atoms with Crippen LogP contribution >= 0.6 is 11.6 Å². The Morgan fingerprint density at radius 2 is 2.00 bits per heavy atom. The van der Waals surface area contributed by atoms with Gasteiger partial charge in [0.15, 0.2) is 0 Å². The lowest BCUT2D eigenvalue weighted by molar-refractivity contribution is 0.301. The molecule has 1 aliphatic rings. The molecule has 1 aliphatic carbocycles. The fourth-order valence-corrected chi connectivity index (χ4v) is 2.20. The zero-order valence-electron chi connectivity index (χ0n) is 9.46. The van der Waals surface area contributed by atoms with Crippen LogP contribution in [0.15, 0.2) is 24.3 Å². The summed E-state index contributed by atoms with van der Waals surface area (Å²) in [7, 11) is 0. The molecule has 1 N–H and O–H groups in total. The Morgan fingerprint density at radius 1 is 1.31 bits per heavy atom. The van der Waals surface area contributed by atoms with Crippen molar-refractivity contribution < 1.29 is 0 Å². The summed E-state index contributed by atoms with van der Waals surface area (Å²) in [5, 5.41) is 4.25. The average Bonchev–Trinajstić information content (AvgIpc) is 2.23. The van der Waals surface area contributed by atoms with Crippen molar-refractivity contribution in [3.8, 4) is 11.8 Å². The minimum Gasteiger partial charge on any atom is -0.303 e. The molecule has 1 saturated carbocycles. The monoisotopic (exact) mass is 233 g/mol. The van der Waals surface area contributed by atoms with Crippen molar-refractivity contribution in [3.63, 3.8) is 0 Å². The Labute approximate surface area is 102 Å². The lowest BCUT2D eigenvalue weighted by Crippen LogP contribution is -2.40. The van der Waals surface area contributed by atoms with Gasteiger partial charge in [-0.05, 0) is 43.4 Å². The Morgan fingerprint density at radius 3 is 2.62 bits per heavy atom. The van der Waals surface area contributed by atoms with Gasteiger partial charge in [-0.3, -0.25) is 0 Å². The van der Waals surface area contributed by atoms with Crippen LogP contribution < -0.4 is 5.32 Å². The summed E-state index contributed by atoms with van der Waals surface area (Å²) in [5.74, 6) is 6.62. The fourth-order valence-electron chi connectivity index (χ4n) is 2.08. The number of hydrogen-bond acceptors (Lipinski definition) is 1. The van der Waals surface area contributed by atoms with E-state index in [2.05, 4.69) is 29.3 Å². The molecule has 2 rings (SSSR count). The topological polar surface area (TPSA) is 12.0 Å². The van der Waals surface area contributed by atoms with Gasteiger partial charge in [-0.25, -0.2) is 0 Å². The van der Waals surface area contributed by atoms with Gasteiger partial charge in [-0.2, -0.15) is 0 Å². The first-order valence-corrected chi connectivity index (χ1v) is 6.06. The van der Waals surface area contributed by atoms with Gasteiger partial charge in [-0.15, -0.1) is 5.92 Å². The Kier molecular flexibility index (Phi) is 3.88. The normalized spacial score (nSPS) is 23.1. The van der Waals surface area contributed by atoms with Crippen LogP contribution in [0.2, 0.25) is 5.02 Å². The van der Waals surface area contributed by atoms with Crippen molar-refractivity contribution in [2.24, 2.45) is 0 Å². The van der Waals surface area contributed by atoms with E-state index in [4.69, 9.17) is 11.6 Å². The molecule has 0 unspecified atom stereocenters. The molecule has 1 fully saturated rings. The van der Waals surface area contributed by atoms with Crippen molar-refractivity contribution in [2.45, 2.75) is 31.7 Å². The van der Waals surface area contributed by atoms with E-state index in [1.807, 2.05) is 19.1 Å². The van der Waals surface area contributed by atoms with Crippen molar-refractivity contribution in [2.75, 3.05) is 6.54 Å². The first kappa shape index (κ1) is 11.5. The van der Waals surface area contributed by atoms with E-state index in [-0.39, 0.29) is 0 Å².